The highest BCUT2D eigenvalue weighted by Gasteiger charge is 2.18. The number of thiocarbonyl (C=S) groups is 1. The zero-order valence-electron chi connectivity index (χ0n) is 8.61. The Balaban J connectivity index is 2.22. The monoisotopic (exact) mass is 234 g/mol. The van der Waals surface area contributed by atoms with Crippen LogP contribution < -0.4 is 15.4 Å². The van der Waals surface area contributed by atoms with Crippen molar-refractivity contribution in [3.8, 4) is 5.75 Å². The minimum Gasteiger partial charge on any atom is -0.497 e. The summed E-state index contributed by atoms with van der Waals surface area (Å²) in [5, 5.41) is 5.12. The molecule has 1 heterocycles. The number of rotatable bonds is 2. The number of hydrogen-bond acceptors (Lipinski definition) is 3. The first-order valence-electron chi connectivity index (χ1n) is 4.67. The summed E-state index contributed by atoms with van der Waals surface area (Å²) in [5.74, 6) is 0.790. The zero-order chi connectivity index (χ0) is 11.5. The number of hydrogen-bond donors (Lipinski definition) is 2. The Morgan fingerprint density at radius 1 is 1.25 bits per heavy atom. The molecule has 0 atom stereocenters. The van der Waals surface area contributed by atoms with Gasteiger partial charge in [0.25, 0.3) is 0 Å². The maximum atomic E-state index is 11.0. The van der Waals surface area contributed by atoms with Gasteiger partial charge in [-0.1, -0.05) is 24.4 Å². The molecule has 1 aliphatic heterocycles. The van der Waals surface area contributed by atoms with E-state index in [-0.39, 0.29) is 6.03 Å². The summed E-state index contributed by atoms with van der Waals surface area (Å²) in [7, 11) is 1.61. The molecule has 2 amide bonds. The van der Waals surface area contributed by atoms with E-state index >= 15 is 0 Å². The SMILES string of the molecule is COc1ccc(C=C2NC(=O)NC2=S)cc1. The van der Waals surface area contributed by atoms with Gasteiger partial charge in [0.1, 0.15) is 10.7 Å². The van der Waals surface area contributed by atoms with E-state index in [1.54, 1.807) is 13.2 Å². The molecule has 1 aliphatic rings. The van der Waals surface area contributed by atoms with Gasteiger partial charge in [0.05, 0.1) is 12.8 Å². The summed E-state index contributed by atoms with van der Waals surface area (Å²) in [5.41, 5.74) is 1.56. The summed E-state index contributed by atoms with van der Waals surface area (Å²) in [4.78, 5) is 11.4. The Bertz CT molecular complexity index is 465. The van der Waals surface area contributed by atoms with Gasteiger partial charge in [0.2, 0.25) is 0 Å². The number of carbonyl (C=O) groups excluding carboxylic acids is 1. The van der Waals surface area contributed by atoms with Gasteiger partial charge in [-0.25, -0.2) is 4.79 Å². The van der Waals surface area contributed by atoms with Crippen LogP contribution in [0, 0.1) is 0 Å². The zero-order valence-corrected chi connectivity index (χ0v) is 9.43. The van der Waals surface area contributed by atoms with Crippen molar-refractivity contribution >= 4 is 29.3 Å². The number of ether oxygens (including phenoxy) is 1. The van der Waals surface area contributed by atoms with Crippen LogP contribution in [0.5, 0.6) is 5.75 Å². The van der Waals surface area contributed by atoms with Crippen LogP contribution in [-0.2, 0) is 0 Å². The molecule has 1 aromatic carbocycles. The molecule has 1 saturated heterocycles. The highest BCUT2D eigenvalue weighted by molar-refractivity contribution is 7.80. The van der Waals surface area contributed by atoms with E-state index in [9.17, 15) is 4.79 Å². The molecule has 1 fully saturated rings. The predicted octanol–water partition coefficient (Wildman–Crippen LogP) is 1.68. The fourth-order valence-corrected chi connectivity index (χ4v) is 1.55. The normalized spacial score (nSPS) is 17.2. The van der Waals surface area contributed by atoms with Crippen LogP contribution in [0.25, 0.3) is 6.08 Å². The highest BCUT2D eigenvalue weighted by atomic mass is 32.1. The molecule has 0 saturated carbocycles. The number of urea groups is 1. The number of nitrogens with one attached hydrogen (secondary N) is 2. The molecule has 5 heteroatoms. The molecule has 1 aromatic rings. The van der Waals surface area contributed by atoms with Crippen LogP contribution in [0.3, 0.4) is 0 Å². The maximum Gasteiger partial charge on any atom is 0.324 e. The minimum atomic E-state index is -0.287. The van der Waals surface area contributed by atoms with E-state index < -0.39 is 0 Å². The van der Waals surface area contributed by atoms with Crippen LogP contribution in [0.15, 0.2) is 30.0 Å². The third kappa shape index (κ3) is 2.20. The molecule has 0 unspecified atom stereocenters. The van der Waals surface area contributed by atoms with Crippen LogP contribution in [0.1, 0.15) is 5.56 Å². The lowest BCUT2D eigenvalue weighted by atomic mass is 10.2. The van der Waals surface area contributed by atoms with E-state index in [0.717, 1.165) is 11.3 Å². The number of benzene rings is 1. The van der Waals surface area contributed by atoms with Crippen molar-refractivity contribution in [2.45, 2.75) is 0 Å². The smallest absolute Gasteiger partial charge is 0.324 e. The van der Waals surface area contributed by atoms with Crippen LogP contribution in [0.4, 0.5) is 4.79 Å². The van der Waals surface area contributed by atoms with Gasteiger partial charge in [-0.3, -0.25) is 5.32 Å². The molecule has 0 radical (unpaired) electrons. The second-order valence-electron chi connectivity index (χ2n) is 3.24. The molecule has 82 valence electrons. The van der Waals surface area contributed by atoms with Gasteiger partial charge >= 0.3 is 6.03 Å². The standard InChI is InChI=1S/C11H10N2O2S/c1-15-8-4-2-7(3-5-8)6-9-10(16)13-11(14)12-9/h2-6H,1H3,(H2,12,13,14,16). The summed E-state index contributed by atoms with van der Waals surface area (Å²) < 4.78 is 5.05. The first-order chi connectivity index (χ1) is 7.69. The average Bonchev–Trinajstić information content (AvgIpc) is 2.59. The number of methoxy groups -OCH3 is 1. The van der Waals surface area contributed by atoms with Gasteiger partial charge in [0.15, 0.2) is 0 Å². The first-order valence-corrected chi connectivity index (χ1v) is 5.08. The van der Waals surface area contributed by atoms with Gasteiger partial charge in [-0.05, 0) is 23.8 Å². The van der Waals surface area contributed by atoms with Crippen molar-refractivity contribution in [2.75, 3.05) is 7.11 Å². The third-order valence-corrected chi connectivity index (χ3v) is 2.47. The summed E-state index contributed by atoms with van der Waals surface area (Å²) in [6.07, 6.45) is 1.81. The van der Waals surface area contributed by atoms with E-state index in [1.165, 1.54) is 0 Å². The fourth-order valence-electron chi connectivity index (χ4n) is 1.35. The predicted molar refractivity (Wildman–Crippen MR) is 65.2 cm³/mol. The molecular weight excluding hydrogens is 224 g/mol. The first kappa shape index (κ1) is 10.6. The Labute approximate surface area is 98.3 Å². The van der Waals surface area contributed by atoms with Crippen molar-refractivity contribution in [2.24, 2.45) is 0 Å². The van der Waals surface area contributed by atoms with Crippen molar-refractivity contribution < 1.29 is 9.53 Å². The van der Waals surface area contributed by atoms with Crippen molar-refractivity contribution in [1.82, 2.24) is 10.6 Å². The van der Waals surface area contributed by atoms with Crippen molar-refractivity contribution in [1.29, 1.82) is 0 Å². The second kappa shape index (κ2) is 4.32. The van der Waals surface area contributed by atoms with Gasteiger partial charge in [-0.15, -0.1) is 0 Å². The highest BCUT2D eigenvalue weighted by Crippen LogP contribution is 2.14. The summed E-state index contributed by atoms with van der Waals surface area (Å²) in [6, 6.07) is 7.18. The molecule has 2 N–H and O–H groups in total. The average molecular weight is 234 g/mol. The minimum absolute atomic E-state index is 0.287. The Kier molecular flexibility index (Phi) is 2.87. The van der Waals surface area contributed by atoms with Gasteiger partial charge < -0.3 is 10.1 Å². The van der Waals surface area contributed by atoms with E-state index in [2.05, 4.69) is 10.6 Å². The quantitative estimate of drug-likeness (QED) is 0.604. The maximum absolute atomic E-state index is 11.0. The van der Waals surface area contributed by atoms with Gasteiger partial charge in [0, 0.05) is 0 Å². The lowest BCUT2D eigenvalue weighted by Gasteiger charge is -2.00. The summed E-state index contributed by atoms with van der Waals surface area (Å²) >= 11 is 4.98. The van der Waals surface area contributed by atoms with Crippen molar-refractivity contribution in [3.63, 3.8) is 0 Å². The van der Waals surface area contributed by atoms with E-state index in [4.69, 9.17) is 17.0 Å². The number of amides is 2. The molecule has 2 rings (SSSR count). The molecule has 0 bridgehead atoms. The molecular formula is C11H10N2O2S. The number of carbonyl (C=O) groups is 1. The summed E-state index contributed by atoms with van der Waals surface area (Å²) in [6.45, 7) is 0. The molecule has 0 aliphatic carbocycles. The molecule has 0 spiro atoms. The Hall–Kier alpha value is -1.88. The van der Waals surface area contributed by atoms with E-state index in [1.807, 2.05) is 24.3 Å². The molecule has 4 nitrogen and oxygen atoms in total. The van der Waals surface area contributed by atoms with Crippen LogP contribution in [-0.4, -0.2) is 18.1 Å². The second-order valence-corrected chi connectivity index (χ2v) is 3.65. The fraction of sp³-hybridized carbons (Fsp3) is 0.0909. The molecule has 16 heavy (non-hydrogen) atoms. The topological polar surface area (TPSA) is 50.4 Å². The van der Waals surface area contributed by atoms with Crippen LogP contribution >= 0.6 is 12.2 Å². The lowest BCUT2D eigenvalue weighted by Crippen LogP contribution is -2.21. The van der Waals surface area contributed by atoms with Gasteiger partial charge in [-0.2, -0.15) is 0 Å². The van der Waals surface area contributed by atoms with Crippen molar-refractivity contribution in [3.05, 3.63) is 35.5 Å². The Morgan fingerprint density at radius 3 is 2.44 bits per heavy atom. The third-order valence-electron chi connectivity index (χ3n) is 2.15. The van der Waals surface area contributed by atoms with E-state index in [0.29, 0.717) is 10.7 Å². The lowest BCUT2D eigenvalue weighted by molar-refractivity contribution is 0.250. The largest absolute Gasteiger partial charge is 0.497 e. The molecule has 0 aromatic heterocycles. The Morgan fingerprint density at radius 2 is 1.94 bits per heavy atom. The van der Waals surface area contributed by atoms with Crippen LogP contribution in [0.2, 0.25) is 0 Å².